The van der Waals surface area contributed by atoms with E-state index < -0.39 is 5.60 Å². The highest BCUT2D eigenvalue weighted by molar-refractivity contribution is 4.99. The third kappa shape index (κ3) is 1.22. The standard InChI is InChI=1S/C5H9N5O/c11-5(2-6-3-5)1-4-7-9-10-8-4/h6,11H,1-3H2,(H,7,8,9,10). The van der Waals surface area contributed by atoms with Gasteiger partial charge in [0.15, 0.2) is 5.82 Å². The summed E-state index contributed by atoms with van der Waals surface area (Å²) in [4.78, 5) is 0. The summed E-state index contributed by atoms with van der Waals surface area (Å²) in [6.07, 6.45) is 0.469. The second-order valence-electron chi connectivity index (χ2n) is 2.83. The van der Waals surface area contributed by atoms with Crippen LogP contribution < -0.4 is 5.32 Å². The third-order valence-electron chi connectivity index (χ3n) is 1.78. The number of hydrogen-bond donors (Lipinski definition) is 3. The summed E-state index contributed by atoms with van der Waals surface area (Å²) in [5, 5.41) is 25.8. The quantitative estimate of drug-likeness (QED) is 0.463. The smallest absolute Gasteiger partial charge is 0.177 e. The van der Waals surface area contributed by atoms with Crippen LogP contribution in [0, 0.1) is 0 Å². The maximum atomic E-state index is 9.60. The van der Waals surface area contributed by atoms with Gasteiger partial charge in [0.1, 0.15) is 0 Å². The van der Waals surface area contributed by atoms with Crippen molar-refractivity contribution in [3.8, 4) is 0 Å². The second-order valence-corrected chi connectivity index (χ2v) is 2.83. The van der Waals surface area contributed by atoms with E-state index in [1.165, 1.54) is 0 Å². The highest BCUT2D eigenvalue weighted by Gasteiger charge is 2.35. The lowest BCUT2D eigenvalue weighted by Crippen LogP contribution is -2.60. The fraction of sp³-hybridized carbons (Fsp3) is 0.800. The van der Waals surface area contributed by atoms with Crippen molar-refractivity contribution in [2.24, 2.45) is 0 Å². The minimum Gasteiger partial charge on any atom is -0.387 e. The first-order chi connectivity index (χ1) is 5.29. The van der Waals surface area contributed by atoms with Crippen molar-refractivity contribution in [2.75, 3.05) is 13.1 Å². The summed E-state index contributed by atoms with van der Waals surface area (Å²) in [6.45, 7) is 1.23. The molecule has 0 radical (unpaired) electrons. The fourth-order valence-electron chi connectivity index (χ4n) is 1.09. The molecular weight excluding hydrogens is 146 g/mol. The van der Waals surface area contributed by atoms with Gasteiger partial charge in [0.25, 0.3) is 0 Å². The topological polar surface area (TPSA) is 86.7 Å². The van der Waals surface area contributed by atoms with E-state index in [1.807, 2.05) is 0 Å². The van der Waals surface area contributed by atoms with Gasteiger partial charge in [-0.05, 0) is 0 Å². The molecule has 0 amide bonds. The average molecular weight is 155 g/mol. The molecule has 0 saturated carbocycles. The largest absolute Gasteiger partial charge is 0.387 e. The maximum absolute atomic E-state index is 9.60. The van der Waals surface area contributed by atoms with E-state index in [9.17, 15) is 5.11 Å². The van der Waals surface area contributed by atoms with E-state index in [4.69, 9.17) is 0 Å². The molecule has 1 saturated heterocycles. The molecular formula is C5H9N5O. The van der Waals surface area contributed by atoms with Gasteiger partial charge >= 0.3 is 0 Å². The van der Waals surface area contributed by atoms with E-state index >= 15 is 0 Å². The van der Waals surface area contributed by atoms with Gasteiger partial charge in [0, 0.05) is 19.5 Å². The Bertz CT molecular complexity index is 229. The minimum atomic E-state index is -0.649. The molecule has 0 aromatic carbocycles. The van der Waals surface area contributed by atoms with Crippen molar-refractivity contribution in [3.63, 3.8) is 0 Å². The lowest BCUT2D eigenvalue weighted by Gasteiger charge is -2.36. The molecule has 0 spiro atoms. The molecule has 60 valence electrons. The fourth-order valence-corrected chi connectivity index (χ4v) is 1.09. The zero-order chi connectivity index (χ0) is 7.73. The van der Waals surface area contributed by atoms with Crippen LogP contribution in [-0.4, -0.2) is 44.4 Å². The first-order valence-corrected chi connectivity index (χ1v) is 3.44. The highest BCUT2D eigenvalue weighted by Crippen LogP contribution is 2.14. The van der Waals surface area contributed by atoms with Crippen LogP contribution in [0.5, 0.6) is 0 Å². The summed E-state index contributed by atoms with van der Waals surface area (Å²) in [5.74, 6) is 0.564. The van der Waals surface area contributed by atoms with Gasteiger partial charge in [-0.2, -0.15) is 5.21 Å². The molecule has 3 N–H and O–H groups in total. The Balaban J connectivity index is 2.00. The second kappa shape index (κ2) is 2.24. The van der Waals surface area contributed by atoms with Crippen LogP contribution in [0.1, 0.15) is 5.82 Å². The number of H-pyrrole nitrogens is 1. The molecule has 0 aliphatic carbocycles. The van der Waals surface area contributed by atoms with E-state index in [0.29, 0.717) is 25.3 Å². The number of rotatable bonds is 2. The summed E-state index contributed by atoms with van der Waals surface area (Å²) in [6, 6.07) is 0. The monoisotopic (exact) mass is 155 g/mol. The Hall–Kier alpha value is -1.01. The molecule has 11 heavy (non-hydrogen) atoms. The van der Waals surface area contributed by atoms with Crippen molar-refractivity contribution in [1.29, 1.82) is 0 Å². The number of tetrazole rings is 1. The normalized spacial score (nSPS) is 21.2. The van der Waals surface area contributed by atoms with Gasteiger partial charge in [-0.25, -0.2) is 0 Å². The van der Waals surface area contributed by atoms with Gasteiger partial charge in [0.2, 0.25) is 0 Å². The first-order valence-electron chi connectivity index (χ1n) is 3.44. The zero-order valence-electron chi connectivity index (χ0n) is 5.91. The maximum Gasteiger partial charge on any atom is 0.177 e. The summed E-state index contributed by atoms with van der Waals surface area (Å²) < 4.78 is 0. The summed E-state index contributed by atoms with van der Waals surface area (Å²) >= 11 is 0. The predicted octanol–water partition coefficient (Wildman–Crippen LogP) is -1.92. The lowest BCUT2D eigenvalue weighted by molar-refractivity contribution is -0.0107. The number of aromatic amines is 1. The molecule has 0 bridgehead atoms. The third-order valence-corrected chi connectivity index (χ3v) is 1.78. The van der Waals surface area contributed by atoms with Crippen LogP contribution in [0.15, 0.2) is 0 Å². The van der Waals surface area contributed by atoms with E-state index in [2.05, 4.69) is 25.9 Å². The molecule has 6 heteroatoms. The Kier molecular flexibility index (Phi) is 1.36. The number of nitrogens with one attached hydrogen (secondary N) is 2. The molecule has 2 heterocycles. The molecule has 1 aromatic heterocycles. The number of aromatic nitrogens is 4. The Morgan fingerprint density at radius 3 is 2.82 bits per heavy atom. The van der Waals surface area contributed by atoms with Gasteiger partial charge in [-0.15, -0.1) is 10.2 Å². The van der Waals surface area contributed by atoms with Gasteiger partial charge in [-0.1, -0.05) is 5.21 Å². The lowest BCUT2D eigenvalue weighted by atomic mass is 9.93. The molecule has 1 fully saturated rings. The van der Waals surface area contributed by atoms with E-state index in [-0.39, 0.29) is 0 Å². The Labute approximate surface area is 63.0 Å². The number of nitrogens with zero attached hydrogens (tertiary/aromatic N) is 3. The van der Waals surface area contributed by atoms with Crippen molar-refractivity contribution in [2.45, 2.75) is 12.0 Å². The summed E-state index contributed by atoms with van der Waals surface area (Å²) in [7, 11) is 0. The summed E-state index contributed by atoms with van der Waals surface area (Å²) in [5.41, 5.74) is -0.649. The minimum absolute atomic E-state index is 0.469. The molecule has 0 atom stereocenters. The molecule has 1 aliphatic heterocycles. The van der Waals surface area contributed by atoms with E-state index in [0.717, 1.165) is 0 Å². The highest BCUT2D eigenvalue weighted by atomic mass is 16.3. The SMILES string of the molecule is OC1(Cc2nn[nH]n2)CNC1. The zero-order valence-corrected chi connectivity index (χ0v) is 5.91. The van der Waals surface area contributed by atoms with Crippen LogP contribution in [0.4, 0.5) is 0 Å². The number of β-amino-alcohol motifs (C(OH)–C–C–N with tert-alkyl or cyclic N) is 1. The molecule has 1 aromatic rings. The molecule has 6 nitrogen and oxygen atoms in total. The van der Waals surface area contributed by atoms with Gasteiger partial charge in [-0.3, -0.25) is 0 Å². The Morgan fingerprint density at radius 1 is 1.55 bits per heavy atom. The Morgan fingerprint density at radius 2 is 2.36 bits per heavy atom. The van der Waals surface area contributed by atoms with Gasteiger partial charge < -0.3 is 10.4 Å². The predicted molar refractivity (Wildman–Crippen MR) is 35.7 cm³/mol. The van der Waals surface area contributed by atoms with Crippen LogP contribution in [0.3, 0.4) is 0 Å². The first kappa shape index (κ1) is 6.68. The van der Waals surface area contributed by atoms with Crippen LogP contribution in [-0.2, 0) is 6.42 Å². The van der Waals surface area contributed by atoms with Crippen LogP contribution >= 0.6 is 0 Å². The molecule has 2 rings (SSSR count). The number of hydrogen-bond acceptors (Lipinski definition) is 5. The van der Waals surface area contributed by atoms with Gasteiger partial charge in [0.05, 0.1) is 5.60 Å². The van der Waals surface area contributed by atoms with Crippen molar-refractivity contribution in [3.05, 3.63) is 5.82 Å². The van der Waals surface area contributed by atoms with Crippen molar-refractivity contribution in [1.82, 2.24) is 25.9 Å². The molecule has 1 aliphatic rings. The van der Waals surface area contributed by atoms with Crippen molar-refractivity contribution < 1.29 is 5.11 Å². The number of aliphatic hydroxyl groups is 1. The molecule has 0 unspecified atom stereocenters. The van der Waals surface area contributed by atoms with Crippen LogP contribution in [0.2, 0.25) is 0 Å². The average Bonchev–Trinajstić information content (AvgIpc) is 2.36. The van der Waals surface area contributed by atoms with Crippen LogP contribution in [0.25, 0.3) is 0 Å². The van der Waals surface area contributed by atoms with E-state index in [1.54, 1.807) is 0 Å². The van der Waals surface area contributed by atoms with Crippen molar-refractivity contribution >= 4 is 0 Å².